The number of aliphatic carboxylic acids is 1. The van der Waals surface area contributed by atoms with Gasteiger partial charge < -0.3 is 10.8 Å². The van der Waals surface area contributed by atoms with Gasteiger partial charge in [0.15, 0.2) is 0 Å². The van der Waals surface area contributed by atoms with Crippen LogP contribution in [0.2, 0.25) is 8.67 Å². The van der Waals surface area contributed by atoms with Crippen LogP contribution in [0.25, 0.3) is 0 Å². The lowest BCUT2D eigenvalue weighted by molar-refractivity contribution is -0.138. The van der Waals surface area contributed by atoms with Crippen LogP contribution in [0.1, 0.15) is 5.56 Å². The van der Waals surface area contributed by atoms with E-state index in [0.29, 0.717) is 5.56 Å². The molecule has 19 heavy (non-hydrogen) atoms. The maximum atomic E-state index is 11.9. The summed E-state index contributed by atoms with van der Waals surface area (Å²) in [6.07, 6.45) is 0. The van der Waals surface area contributed by atoms with E-state index in [1.807, 2.05) is 0 Å². The van der Waals surface area contributed by atoms with Gasteiger partial charge in [0, 0.05) is 12.1 Å². The van der Waals surface area contributed by atoms with E-state index < -0.39 is 28.6 Å². The molecule has 0 fully saturated rings. The minimum absolute atomic E-state index is 0. The minimum atomic E-state index is -3.93. The molecule has 4 N–H and O–H groups in total. The van der Waals surface area contributed by atoms with E-state index in [1.54, 1.807) is 0 Å². The molecule has 1 rings (SSSR count). The van der Waals surface area contributed by atoms with Crippen LogP contribution in [0.3, 0.4) is 0 Å². The summed E-state index contributed by atoms with van der Waals surface area (Å²) in [6, 6.07) is -1.33. The number of halogens is 3. The predicted molar refractivity (Wildman–Crippen MR) is 77.1 cm³/mol. The summed E-state index contributed by atoms with van der Waals surface area (Å²) in [6.45, 7) is 1.08. The number of hydrogen-bond donors (Lipinski definition) is 3. The van der Waals surface area contributed by atoms with Crippen LogP contribution < -0.4 is 10.5 Å². The Balaban J connectivity index is 0.00000324. The van der Waals surface area contributed by atoms with E-state index >= 15 is 0 Å². The van der Waals surface area contributed by atoms with Gasteiger partial charge >= 0.3 is 5.97 Å². The molecule has 1 aromatic rings. The average Bonchev–Trinajstić information content (AvgIpc) is 2.50. The van der Waals surface area contributed by atoms with Crippen LogP contribution in [0, 0.1) is 6.92 Å². The molecule has 0 aromatic carbocycles. The van der Waals surface area contributed by atoms with Crippen molar-refractivity contribution in [3.8, 4) is 0 Å². The molecular weight excluding hydrogens is 359 g/mol. The number of hydrogen-bond acceptors (Lipinski definition) is 5. The van der Waals surface area contributed by atoms with Gasteiger partial charge in [-0.25, -0.2) is 13.1 Å². The third-order valence-corrected chi connectivity index (χ3v) is 5.71. The maximum Gasteiger partial charge on any atom is 0.321 e. The molecule has 6 nitrogen and oxygen atoms in total. The van der Waals surface area contributed by atoms with Gasteiger partial charge in [0.25, 0.3) is 0 Å². The Bertz CT molecular complexity index is 573. The van der Waals surface area contributed by atoms with E-state index in [4.69, 9.17) is 34.0 Å². The van der Waals surface area contributed by atoms with Crippen molar-refractivity contribution in [3.05, 3.63) is 14.2 Å². The smallest absolute Gasteiger partial charge is 0.321 e. The number of rotatable bonds is 5. The Labute approximate surface area is 130 Å². The van der Waals surface area contributed by atoms with Crippen LogP contribution in [0.15, 0.2) is 4.90 Å². The topological polar surface area (TPSA) is 109 Å². The van der Waals surface area contributed by atoms with Crippen molar-refractivity contribution in [1.82, 2.24) is 4.72 Å². The van der Waals surface area contributed by atoms with Crippen LogP contribution in [-0.4, -0.2) is 32.1 Å². The molecule has 0 aliphatic rings. The number of carbonyl (C=O) groups is 1. The van der Waals surface area contributed by atoms with E-state index in [9.17, 15) is 13.2 Å². The minimum Gasteiger partial charge on any atom is -0.480 e. The third kappa shape index (κ3) is 4.45. The molecule has 1 aromatic heterocycles. The van der Waals surface area contributed by atoms with Crippen LogP contribution in [0.5, 0.6) is 0 Å². The highest BCUT2D eigenvalue weighted by atomic mass is 35.5. The zero-order chi connectivity index (χ0) is 14.1. The fraction of sp³-hybridized carbons (Fsp3) is 0.375. The molecule has 0 bridgehead atoms. The number of nitrogens with one attached hydrogen (secondary N) is 1. The summed E-state index contributed by atoms with van der Waals surface area (Å²) >= 11 is 12.5. The number of nitrogens with two attached hydrogens (primary N) is 1. The maximum absolute atomic E-state index is 11.9. The normalized spacial score (nSPS) is 12.8. The van der Waals surface area contributed by atoms with Crippen molar-refractivity contribution < 1.29 is 18.3 Å². The standard InChI is InChI=1S/C8H10Cl2N2O4S2.ClH/c1-3-5(7(10)17-6(3)9)18(15,16)12-2-4(11)8(13)14;/h4,12H,2,11H2,1H3,(H,13,14);1H. The Morgan fingerprint density at radius 1 is 1.47 bits per heavy atom. The third-order valence-electron chi connectivity index (χ3n) is 2.07. The van der Waals surface area contributed by atoms with Crippen molar-refractivity contribution in [2.24, 2.45) is 5.73 Å². The molecule has 1 heterocycles. The van der Waals surface area contributed by atoms with Gasteiger partial charge in [0.2, 0.25) is 10.0 Å². The first-order chi connectivity index (χ1) is 8.16. The molecule has 11 heteroatoms. The average molecular weight is 370 g/mol. The fourth-order valence-corrected chi connectivity index (χ4v) is 4.72. The van der Waals surface area contributed by atoms with Gasteiger partial charge in [-0.3, -0.25) is 4.79 Å². The van der Waals surface area contributed by atoms with Gasteiger partial charge in [0.05, 0.1) is 4.34 Å². The summed E-state index contributed by atoms with van der Waals surface area (Å²) < 4.78 is 26.2. The first kappa shape index (κ1) is 18.9. The second-order valence-corrected chi connectivity index (χ2v) is 7.33. The van der Waals surface area contributed by atoms with Gasteiger partial charge in [-0.1, -0.05) is 23.2 Å². The van der Waals surface area contributed by atoms with Gasteiger partial charge in [-0.2, -0.15) is 0 Å². The highest BCUT2D eigenvalue weighted by Crippen LogP contribution is 2.38. The number of sulfonamides is 1. The molecular formula is C8H11Cl3N2O4S2. The van der Waals surface area contributed by atoms with Crippen molar-refractivity contribution in [2.45, 2.75) is 17.9 Å². The summed E-state index contributed by atoms with van der Waals surface area (Å²) in [7, 11) is -3.93. The largest absolute Gasteiger partial charge is 0.480 e. The fourth-order valence-electron chi connectivity index (χ4n) is 1.10. The zero-order valence-electron chi connectivity index (χ0n) is 9.51. The predicted octanol–water partition coefficient (Wildman–Crippen LogP) is 1.48. The Morgan fingerprint density at radius 3 is 2.37 bits per heavy atom. The van der Waals surface area contributed by atoms with E-state index in [0.717, 1.165) is 11.3 Å². The lowest BCUT2D eigenvalue weighted by Crippen LogP contribution is -2.42. The van der Waals surface area contributed by atoms with Crippen molar-refractivity contribution in [3.63, 3.8) is 0 Å². The number of carboxylic acids is 1. The van der Waals surface area contributed by atoms with Crippen LogP contribution >= 0.6 is 46.9 Å². The number of thiophene rings is 1. The van der Waals surface area contributed by atoms with Crippen molar-refractivity contribution in [1.29, 1.82) is 0 Å². The molecule has 0 spiro atoms. The SMILES string of the molecule is Cc1c(Cl)sc(Cl)c1S(=O)(=O)NCC(N)C(=O)O.Cl. The molecule has 0 aliphatic carbocycles. The highest BCUT2D eigenvalue weighted by molar-refractivity contribution is 7.89. The number of carboxylic acid groups (broad SMARTS) is 1. The quantitative estimate of drug-likeness (QED) is 0.728. The van der Waals surface area contributed by atoms with Crippen LogP contribution in [-0.2, 0) is 14.8 Å². The Kier molecular flexibility index (Phi) is 7.04. The van der Waals surface area contributed by atoms with Crippen molar-refractivity contribution >= 4 is 62.9 Å². The van der Waals surface area contributed by atoms with Gasteiger partial charge in [-0.05, 0) is 6.92 Å². The first-order valence-corrected chi connectivity index (χ1v) is 7.64. The first-order valence-electron chi connectivity index (χ1n) is 4.59. The molecule has 110 valence electrons. The zero-order valence-corrected chi connectivity index (χ0v) is 13.5. The second kappa shape index (κ2) is 7.07. The molecule has 0 saturated carbocycles. The highest BCUT2D eigenvalue weighted by Gasteiger charge is 2.26. The Morgan fingerprint density at radius 2 is 2.00 bits per heavy atom. The van der Waals surface area contributed by atoms with Gasteiger partial charge in [0.1, 0.15) is 15.3 Å². The molecule has 1 unspecified atom stereocenters. The summed E-state index contributed by atoms with van der Waals surface area (Å²) in [5.41, 5.74) is 5.52. The molecule has 0 radical (unpaired) electrons. The summed E-state index contributed by atoms with van der Waals surface area (Å²) in [5.74, 6) is -1.30. The lowest BCUT2D eigenvalue weighted by atomic mass is 10.3. The second-order valence-electron chi connectivity index (χ2n) is 3.40. The van der Waals surface area contributed by atoms with Gasteiger partial charge in [-0.15, -0.1) is 23.7 Å². The van der Waals surface area contributed by atoms with Crippen LogP contribution in [0.4, 0.5) is 0 Å². The van der Waals surface area contributed by atoms with E-state index in [-0.39, 0.29) is 26.0 Å². The van der Waals surface area contributed by atoms with E-state index in [2.05, 4.69) is 4.72 Å². The monoisotopic (exact) mass is 368 g/mol. The molecule has 0 amide bonds. The summed E-state index contributed by atoms with van der Waals surface area (Å²) in [5, 5.41) is 8.56. The lowest BCUT2D eigenvalue weighted by Gasteiger charge is -2.09. The van der Waals surface area contributed by atoms with Crippen molar-refractivity contribution in [2.75, 3.05) is 6.54 Å². The molecule has 0 aliphatic heterocycles. The Hall–Kier alpha value is -0.0900. The van der Waals surface area contributed by atoms with E-state index in [1.165, 1.54) is 6.92 Å². The molecule has 1 atom stereocenters. The molecule has 0 saturated heterocycles. The summed E-state index contributed by atoms with van der Waals surface area (Å²) in [4.78, 5) is 10.3.